The van der Waals surface area contributed by atoms with Crippen LogP contribution in [0.2, 0.25) is 0 Å². The maximum absolute atomic E-state index is 12.8. The number of methoxy groups -OCH3 is 1. The number of rotatable bonds is 7. The Morgan fingerprint density at radius 2 is 1.72 bits per heavy atom. The maximum Gasteiger partial charge on any atom is 0.306 e. The Balaban J connectivity index is 3.23. The van der Waals surface area contributed by atoms with Crippen LogP contribution < -0.4 is 0 Å². The van der Waals surface area contributed by atoms with Crippen molar-refractivity contribution in [3.63, 3.8) is 0 Å². The average Bonchev–Trinajstić information content (AvgIpc) is 2.48. The van der Waals surface area contributed by atoms with Crippen LogP contribution in [-0.4, -0.2) is 54.9 Å². The molecule has 0 aromatic carbocycles. The molecule has 1 rings (SSSR count). The van der Waals surface area contributed by atoms with Crippen LogP contribution >= 0.6 is 0 Å². The van der Waals surface area contributed by atoms with Crippen molar-refractivity contribution in [1.29, 1.82) is 0 Å². The standard InChI is InChI=1S/C18H30O7/c1-9(2)7-13(21)25-17-14(10(3)4)18(24-11(5)20)16(23-6)12(8-19)15(17)22/h9-10,12,14,16-19H,7-8H2,1-6H3/t12-,14+,16-,17-,18-/m0/s1. The zero-order chi connectivity index (χ0) is 19.3. The maximum atomic E-state index is 12.8. The molecule has 1 saturated carbocycles. The SMILES string of the molecule is CO[C@@H]1[C@@H](OC(C)=O)[C@H](C(C)C)[C@H](OC(=O)CC(C)C)C(=O)[C@@H]1CO. The van der Waals surface area contributed by atoms with Crippen LogP contribution in [0.4, 0.5) is 0 Å². The summed E-state index contributed by atoms with van der Waals surface area (Å²) in [6.45, 7) is 8.28. The minimum Gasteiger partial charge on any atom is -0.459 e. The predicted octanol–water partition coefficient (Wildman–Crippen LogP) is 1.35. The molecule has 0 aromatic heterocycles. The van der Waals surface area contributed by atoms with E-state index in [-0.39, 0.29) is 18.3 Å². The number of esters is 2. The molecule has 144 valence electrons. The van der Waals surface area contributed by atoms with Gasteiger partial charge in [-0.1, -0.05) is 27.7 Å². The summed E-state index contributed by atoms with van der Waals surface area (Å²) in [5.74, 6) is -2.87. The Bertz CT molecular complexity index is 486. The number of ether oxygens (including phenoxy) is 3. The van der Waals surface area contributed by atoms with Gasteiger partial charge < -0.3 is 19.3 Å². The summed E-state index contributed by atoms with van der Waals surface area (Å²) in [5.41, 5.74) is 0. The smallest absolute Gasteiger partial charge is 0.306 e. The molecule has 0 bridgehead atoms. The Morgan fingerprint density at radius 1 is 1.12 bits per heavy atom. The van der Waals surface area contributed by atoms with E-state index in [1.165, 1.54) is 14.0 Å². The minimum absolute atomic E-state index is 0.0910. The molecule has 1 fully saturated rings. The topological polar surface area (TPSA) is 99.1 Å². The minimum atomic E-state index is -1.07. The number of carbonyl (C=O) groups excluding carboxylic acids is 3. The Kier molecular flexibility index (Phi) is 8.02. The highest BCUT2D eigenvalue weighted by Crippen LogP contribution is 2.37. The number of hydrogen-bond donors (Lipinski definition) is 1. The van der Waals surface area contributed by atoms with Gasteiger partial charge in [-0.2, -0.15) is 0 Å². The number of ketones is 1. The van der Waals surface area contributed by atoms with E-state index >= 15 is 0 Å². The third-order valence-corrected chi connectivity index (χ3v) is 4.47. The van der Waals surface area contributed by atoms with E-state index in [0.717, 1.165) is 0 Å². The third kappa shape index (κ3) is 5.25. The lowest BCUT2D eigenvalue weighted by atomic mass is 9.70. The number of aliphatic hydroxyl groups is 1. The molecule has 0 spiro atoms. The second-order valence-corrected chi connectivity index (χ2v) is 7.30. The molecule has 1 N–H and O–H groups in total. The van der Waals surface area contributed by atoms with E-state index in [2.05, 4.69) is 0 Å². The van der Waals surface area contributed by atoms with Crippen LogP contribution in [-0.2, 0) is 28.6 Å². The van der Waals surface area contributed by atoms with E-state index in [1.807, 2.05) is 27.7 Å². The fraction of sp³-hybridized carbons (Fsp3) is 0.833. The number of carbonyl (C=O) groups is 3. The van der Waals surface area contributed by atoms with Crippen molar-refractivity contribution in [2.24, 2.45) is 23.7 Å². The van der Waals surface area contributed by atoms with Gasteiger partial charge >= 0.3 is 11.9 Å². The monoisotopic (exact) mass is 358 g/mol. The first-order valence-corrected chi connectivity index (χ1v) is 8.68. The van der Waals surface area contributed by atoms with Crippen LogP contribution in [0, 0.1) is 23.7 Å². The van der Waals surface area contributed by atoms with Crippen LogP contribution in [0.25, 0.3) is 0 Å². The van der Waals surface area contributed by atoms with E-state index in [1.54, 1.807) is 0 Å². The largest absolute Gasteiger partial charge is 0.459 e. The summed E-state index contributed by atoms with van der Waals surface area (Å²) in [6.07, 6.45) is -2.45. The lowest BCUT2D eigenvalue weighted by molar-refractivity contribution is -0.199. The Morgan fingerprint density at radius 3 is 2.12 bits per heavy atom. The lowest BCUT2D eigenvalue weighted by Gasteiger charge is -2.45. The average molecular weight is 358 g/mol. The zero-order valence-corrected chi connectivity index (χ0v) is 15.9. The predicted molar refractivity (Wildman–Crippen MR) is 89.6 cm³/mol. The Hall–Kier alpha value is -1.47. The van der Waals surface area contributed by atoms with E-state index in [4.69, 9.17) is 14.2 Å². The highest BCUT2D eigenvalue weighted by molar-refractivity contribution is 5.89. The molecule has 7 heteroatoms. The van der Waals surface area contributed by atoms with Gasteiger partial charge in [0.1, 0.15) is 12.2 Å². The van der Waals surface area contributed by atoms with E-state index < -0.39 is 54.5 Å². The van der Waals surface area contributed by atoms with Gasteiger partial charge in [-0.25, -0.2) is 0 Å². The van der Waals surface area contributed by atoms with Gasteiger partial charge in [-0.15, -0.1) is 0 Å². The summed E-state index contributed by atoms with van der Waals surface area (Å²) in [4.78, 5) is 36.5. The van der Waals surface area contributed by atoms with Crippen molar-refractivity contribution in [3.8, 4) is 0 Å². The molecule has 1 aliphatic carbocycles. The van der Waals surface area contributed by atoms with E-state index in [0.29, 0.717) is 0 Å². The first-order valence-electron chi connectivity index (χ1n) is 8.68. The van der Waals surface area contributed by atoms with Gasteiger partial charge in [0, 0.05) is 26.4 Å². The highest BCUT2D eigenvalue weighted by atomic mass is 16.6. The second-order valence-electron chi connectivity index (χ2n) is 7.30. The molecule has 25 heavy (non-hydrogen) atoms. The molecule has 0 aliphatic heterocycles. The summed E-state index contributed by atoms with van der Waals surface area (Å²) in [5, 5.41) is 9.66. The first-order chi connectivity index (χ1) is 11.6. The summed E-state index contributed by atoms with van der Waals surface area (Å²) >= 11 is 0. The van der Waals surface area contributed by atoms with Crippen molar-refractivity contribution >= 4 is 17.7 Å². The fourth-order valence-corrected chi connectivity index (χ4v) is 3.40. The van der Waals surface area contributed by atoms with Crippen molar-refractivity contribution in [1.82, 2.24) is 0 Å². The molecule has 5 atom stereocenters. The molecule has 0 unspecified atom stereocenters. The van der Waals surface area contributed by atoms with Gasteiger partial charge in [0.15, 0.2) is 11.9 Å². The molecule has 0 aromatic rings. The van der Waals surface area contributed by atoms with E-state index in [9.17, 15) is 19.5 Å². The van der Waals surface area contributed by atoms with Crippen molar-refractivity contribution in [2.45, 2.75) is 59.4 Å². The van der Waals surface area contributed by atoms with Crippen LogP contribution in [0.3, 0.4) is 0 Å². The molecule has 0 radical (unpaired) electrons. The molecule has 0 saturated heterocycles. The van der Waals surface area contributed by atoms with Gasteiger partial charge in [-0.3, -0.25) is 14.4 Å². The molecule has 0 amide bonds. The van der Waals surface area contributed by atoms with Crippen molar-refractivity contribution < 1.29 is 33.7 Å². The molecule has 7 nitrogen and oxygen atoms in total. The number of aliphatic hydroxyl groups excluding tert-OH is 1. The molecular weight excluding hydrogens is 328 g/mol. The third-order valence-electron chi connectivity index (χ3n) is 4.47. The molecular formula is C18H30O7. The number of Topliss-reactive ketones (excluding diaryl/α,β-unsaturated/α-hetero) is 1. The van der Waals surface area contributed by atoms with Crippen molar-refractivity contribution in [2.75, 3.05) is 13.7 Å². The Labute approximate surface area is 149 Å². The van der Waals surface area contributed by atoms with Crippen molar-refractivity contribution in [3.05, 3.63) is 0 Å². The normalized spacial score (nSPS) is 29.8. The van der Waals surface area contributed by atoms with Crippen LogP contribution in [0.5, 0.6) is 0 Å². The summed E-state index contributed by atoms with van der Waals surface area (Å²) < 4.78 is 16.3. The molecule has 1 aliphatic rings. The quantitative estimate of drug-likeness (QED) is 0.686. The second kappa shape index (κ2) is 9.29. The first kappa shape index (κ1) is 21.6. The molecule has 0 heterocycles. The van der Waals surface area contributed by atoms with Gasteiger partial charge in [0.25, 0.3) is 0 Å². The summed E-state index contributed by atoms with van der Waals surface area (Å²) in [6, 6.07) is 0. The van der Waals surface area contributed by atoms with Crippen LogP contribution in [0.15, 0.2) is 0 Å². The lowest BCUT2D eigenvalue weighted by Crippen LogP contribution is -2.61. The van der Waals surface area contributed by atoms with Gasteiger partial charge in [-0.05, 0) is 11.8 Å². The highest BCUT2D eigenvalue weighted by Gasteiger charge is 2.54. The van der Waals surface area contributed by atoms with Crippen LogP contribution in [0.1, 0.15) is 41.0 Å². The summed E-state index contributed by atoms with van der Waals surface area (Å²) in [7, 11) is 1.40. The van der Waals surface area contributed by atoms with Gasteiger partial charge in [0.05, 0.1) is 12.5 Å². The zero-order valence-electron chi connectivity index (χ0n) is 15.9. The van der Waals surface area contributed by atoms with Gasteiger partial charge in [0.2, 0.25) is 0 Å². The number of hydrogen-bond acceptors (Lipinski definition) is 7. The fourth-order valence-electron chi connectivity index (χ4n) is 3.40.